The second-order valence-corrected chi connectivity index (χ2v) is 8.45. The molecule has 27 heavy (non-hydrogen) atoms. The van der Waals surface area contributed by atoms with Crippen molar-refractivity contribution in [1.29, 1.82) is 0 Å². The van der Waals surface area contributed by atoms with Gasteiger partial charge >= 0.3 is 0 Å². The van der Waals surface area contributed by atoms with Crippen LogP contribution >= 0.6 is 11.3 Å². The molecule has 1 aromatic heterocycles. The summed E-state index contributed by atoms with van der Waals surface area (Å²) < 4.78 is 10.8. The van der Waals surface area contributed by atoms with Crippen LogP contribution in [0.25, 0.3) is 0 Å². The lowest BCUT2D eigenvalue weighted by Gasteiger charge is -2.42. The number of methoxy groups -OCH3 is 2. The van der Waals surface area contributed by atoms with Crippen LogP contribution in [-0.4, -0.2) is 37.7 Å². The molecule has 0 radical (unpaired) electrons. The smallest absolute Gasteiger partial charge is 0.254 e. The minimum Gasteiger partial charge on any atom is -0.497 e. The van der Waals surface area contributed by atoms with Crippen molar-refractivity contribution in [1.82, 2.24) is 4.90 Å². The predicted molar refractivity (Wildman–Crippen MR) is 108 cm³/mol. The number of thiophene rings is 1. The van der Waals surface area contributed by atoms with Crippen molar-refractivity contribution in [2.45, 2.75) is 44.2 Å². The lowest BCUT2D eigenvalue weighted by atomic mass is 9.79. The Bertz CT molecular complexity index is 777. The minimum absolute atomic E-state index is 0.135. The Balaban J connectivity index is 1.61. The van der Waals surface area contributed by atoms with E-state index < -0.39 is 0 Å². The van der Waals surface area contributed by atoms with Crippen molar-refractivity contribution in [3.05, 3.63) is 51.7 Å². The lowest BCUT2D eigenvalue weighted by Crippen LogP contribution is -2.43. The third-order valence-electron chi connectivity index (χ3n) is 6.10. The van der Waals surface area contributed by atoms with E-state index in [1.54, 1.807) is 7.11 Å². The SMILES string of the molecule is COc1ccc(C(=O)N2CCc3ccsc3C2C2CCC(OC)CC2)cc1. The van der Waals surface area contributed by atoms with E-state index in [4.69, 9.17) is 9.47 Å². The highest BCUT2D eigenvalue weighted by atomic mass is 32.1. The maximum Gasteiger partial charge on any atom is 0.254 e. The highest BCUT2D eigenvalue weighted by Crippen LogP contribution is 2.45. The van der Waals surface area contributed by atoms with E-state index in [0.29, 0.717) is 12.0 Å². The van der Waals surface area contributed by atoms with Gasteiger partial charge in [0.25, 0.3) is 5.91 Å². The maximum atomic E-state index is 13.4. The van der Waals surface area contributed by atoms with Crippen molar-refractivity contribution in [2.75, 3.05) is 20.8 Å². The fourth-order valence-corrected chi connectivity index (χ4v) is 5.73. The highest BCUT2D eigenvalue weighted by Gasteiger charge is 2.39. The first-order valence-electron chi connectivity index (χ1n) is 9.75. The third-order valence-corrected chi connectivity index (χ3v) is 7.13. The van der Waals surface area contributed by atoms with Crippen molar-refractivity contribution in [3.8, 4) is 5.75 Å². The first kappa shape index (κ1) is 18.5. The molecule has 1 aliphatic heterocycles. The molecule has 1 aliphatic carbocycles. The average Bonchev–Trinajstić information content (AvgIpc) is 3.21. The third kappa shape index (κ3) is 3.63. The van der Waals surface area contributed by atoms with Gasteiger partial charge in [0.1, 0.15) is 5.75 Å². The lowest BCUT2D eigenvalue weighted by molar-refractivity contribution is 0.0275. The maximum absolute atomic E-state index is 13.4. The number of ether oxygens (including phenoxy) is 2. The Morgan fingerprint density at radius 3 is 2.48 bits per heavy atom. The number of amides is 1. The number of fused-ring (bicyclic) bond motifs is 1. The molecule has 1 fully saturated rings. The van der Waals surface area contributed by atoms with Gasteiger partial charge in [-0.25, -0.2) is 0 Å². The molecular weight excluding hydrogens is 358 g/mol. The topological polar surface area (TPSA) is 38.8 Å². The molecule has 0 saturated heterocycles. The largest absolute Gasteiger partial charge is 0.497 e. The number of hydrogen-bond acceptors (Lipinski definition) is 4. The summed E-state index contributed by atoms with van der Waals surface area (Å²) >= 11 is 1.81. The molecule has 4 rings (SSSR count). The molecular formula is C22H27NO3S. The first-order valence-corrected chi connectivity index (χ1v) is 10.6. The summed E-state index contributed by atoms with van der Waals surface area (Å²) in [6, 6.07) is 9.93. The molecule has 1 amide bonds. The van der Waals surface area contributed by atoms with Gasteiger partial charge in [-0.1, -0.05) is 0 Å². The molecule has 2 aromatic rings. The summed E-state index contributed by atoms with van der Waals surface area (Å²) in [5, 5.41) is 2.18. The van der Waals surface area contributed by atoms with Crippen LogP contribution in [0.5, 0.6) is 5.75 Å². The second-order valence-electron chi connectivity index (χ2n) is 7.50. The molecule has 0 bridgehead atoms. The molecule has 144 valence electrons. The van der Waals surface area contributed by atoms with Crippen LogP contribution < -0.4 is 4.74 Å². The molecule has 1 unspecified atom stereocenters. The fourth-order valence-electron chi connectivity index (χ4n) is 4.57. The normalized spacial score (nSPS) is 25.1. The molecule has 2 heterocycles. The summed E-state index contributed by atoms with van der Waals surface area (Å²) in [6.45, 7) is 0.795. The molecule has 1 saturated carbocycles. The summed E-state index contributed by atoms with van der Waals surface area (Å²) in [5.41, 5.74) is 2.17. The first-order chi connectivity index (χ1) is 13.2. The number of carbonyl (C=O) groups is 1. The Labute approximate surface area is 165 Å². The monoisotopic (exact) mass is 385 g/mol. The van der Waals surface area contributed by atoms with Crippen molar-refractivity contribution < 1.29 is 14.3 Å². The van der Waals surface area contributed by atoms with Crippen LogP contribution in [0.1, 0.15) is 52.5 Å². The van der Waals surface area contributed by atoms with Gasteiger partial charge in [0, 0.05) is 24.1 Å². The van der Waals surface area contributed by atoms with E-state index in [2.05, 4.69) is 16.3 Å². The molecule has 1 atom stereocenters. The number of carbonyl (C=O) groups excluding carboxylic acids is 1. The standard InChI is InChI=1S/C22H27NO3S/c1-25-18-7-3-15(4-8-18)20-21-16(12-14-27-21)11-13-23(20)22(24)17-5-9-19(26-2)10-6-17/h5-6,9-10,12,14-15,18,20H,3-4,7-8,11,13H2,1-2H3. The Hall–Kier alpha value is -1.85. The summed E-state index contributed by atoms with van der Waals surface area (Å²) in [5.74, 6) is 1.42. The Kier molecular flexibility index (Phi) is 5.50. The molecule has 5 heteroatoms. The summed E-state index contributed by atoms with van der Waals surface area (Å²) in [6.07, 6.45) is 5.73. The molecule has 2 aliphatic rings. The van der Waals surface area contributed by atoms with Gasteiger partial charge in [0.05, 0.1) is 19.3 Å². The quantitative estimate of drug-likeness (QED) is 0.766. The van der Waals surface area contributed by atoms with E-state index in [9.17, 15) is 4.79 Å². The zero-order valence-electron chi connectivity index (χ0n) is 16.0. The van der Waals surface area contributed by atoms with Crippen LogP contribution in [0, 0.1) is 5.92 Å². The van der Waals surface area contributed by atoms with Gasteiger partial charge in [-0.3, -0.25) is 4.79 Å². The van der Waals surface area contributed by atoms with Crippen LogP contribution in [0.2, 0.25) is 0 Å². The number of hydrogen-bond donors (Lipinski definition) is 0. The number of benzene rings is 1. The van der Waals surface area contributed by atoms with E-state index in [1.807, 2.05) is 42.7 Å². The van der Waals surface area contributed by atoms with Crippen LogP contribution in [0.3, 0.4) is 0 Å². The second kappa shape index (κ2) is 8.03. The van der Waals surface area contributed by atoms with Gasteiger partial charge in [-0.05, 0) is 79.3 Å². The summed E-state index contributed by atoms with van der Waals surface area (Å²) in [4.78, 5) is 16.9. The van der Waals surface area contributed by atoms with Gasteiger partial charge in [-0.15, -0.1) is 11.3 Å². The molecule has 1 aromatic carbocycles. The average molecular weight is 386 g/mol. The van der Waals surface area contributed by atoms with Gasteiger partial charge in [-0.2, -0.15) is 0 Å². The van der Waals surface area contributed by atoms with Crippen LogP contribution in [0.15, 0.2) is 35.7 Å². The number of rotatable bonds is 4. The zero-order chi connectivity index (χ0) is 18.8. The van der Waals surface area contributed by atoms with E-state index in [1.165, 1.54) is 10.4 Å². The highest BCUT2D eigenvalue weighted by molar-refractivity contribution is 7.10. The Morgan fingerprint density at radius 1 is 1.07 bits per heavy atom. The molecule has 0 N–H and O–H groups in total. The number of nitrogens with zero attached hydrogens (tertiary/aromatic N) is 1. The van der Waals surface area contributed by atoms with Crippen LogP contribution in [-0.2, 0) is 11.2 Å². The predicted octanol–water partition coefficient (Wildman–Crippen LogP) is 4.70. The van der Waals surface area contributed by atoms with E-state index in [0.717, 1.165) is 50.0 Å². The van der Waals surface area contributed by atoms with Gasteiger partial charge in [0.15, 0.2) is 0 Å². The van der Waals surface area contributed by atoms with Gasteiger partial charge < -0.3 is 14.4 Å². The van der Waals surface area contributed by atoms with Crippen molar-refractivity contribution >= 4 is 17.2 Å². The van der Waals surface area contributed by atoms with Gasteiger partial charge in [0.2, 0.25) is 0 Å². The zero-order valence-corrected chi connectivity index (χ0v) is 16.8. The molecule has 0 spiro atoms. The van der Waals surface area contributed by atoms with Crippen LogP contribution in [0.4, 0.5) is 0 Å². The van der Waals surface area contributed by atoms with Crippen molar-refractivity contribution in [2.24, 2.45) is 5.92 Å². The van der Waals surface area contributed by atoms with E-state index >= 15 is 0 Å². The van der Waals surface area contributed by atoms with E-state index in [-0.39, 0.29) is 11.9 Å². The Morgan fingerprint density at radius 2 is 1.81 bits per heavy atom. The summed E-state index contributed by atoms with van der Waals surface area (Å²) in [7, 11) is 3.45. The fraction of sp³-hybridized carbons (Fsp3) is 0.500. The van der Waals surface area contributed by atoms with Crippen molar-refractivity contribution in [3.63, 3.8) is 0 Å². The minimum atomic E-state index is 0.135. The molecule has 4 nitrogen and oxygen atoms in total.